The Kier molecular flexibility index (Phi) is 3.83. The van der Waals surface area contributed by atoms with Crippen LogP contribution in [0.15, 0.2) is 43.0 Å². The number of carbonyl (C=O) groups is 1. The Hall–Kier alpha value is -2.47. The molecule has 0 unspecified atom stereocenters. The predicted molar refractivity (Wildman–Crippen MR) is 69.0 cm³/mol. The molecule has 0 aliphatic rings. The number of hydrogen-bond donors (Lipinski definition) is 3. The second kappa shape index (κ2) is 5.74. The summed E-state index contributed by atoms with van der Waals surface area (Å²) < 4.78 is 0. The number of nitrogens with one attached hydrogen (secondary N) is 2. The molecule has 0 aliphatic carbocycles. The van der Waals surface area contributed by atoms with Gasteiger partial charge in [-0.15, -0.1) is 0 Å². The van der Waals surface area contributed by atoms with Crippen molar-refractivity contribution in [1.29, 1.82) is 0 Å². The van der Waals surface area contributed by atoms with Crippen molar-refractivity contribution in [2.75, 3.05) is 10.6 Å². The molecule has 0 atom stereocenters. The van der Waals surface area contributed by atoms with Crippen LogP contribution in [0.1, 0.15) is 5.56 Å². The molecule has 18 heavy (non-hydrogen) atoms. The summed E-state index contributed by atoms with van der Waals surface area (Å²) in [6.45, 7) is 0.480. The lowest BCUT2D eigenvalue weighted by Crippen LogP contribution is -2.19. The molecule has 1 aromatic carbocycles. The molecule has 2 rings (SSSR count). The van der Waals surface area contributed by atoms with Gasteiger partial charge in [-0.2, -0.15) is 0 Å². The van der Waals surface area contributed by atoms with E-state index in [2.05, 4.69) is 20.6 Å². The van der Waals surface area contributed by atoms with Gasteiger partial charge in [0.25, 0.3) is 0 Å². The zero-order valence-corrected chi connectivity index (χ0v) is 9.63. The minimum Gasteiger partial charge on any atom is -0.326 e. The number of nitrogens with zero attached hydrogens (tertiary/aromatic N) is 2. The van der Waals surface area contributed by atoms with E-state index in [9.17, 15) is 4.79 Å². The molecule has 1 heterocycles. The van der Waals surface area contributed by atoms with Gasteiger partial charge in [-0.3, -0.25) is 0 Å². The molecule has 6 heteroatoms. The van der Waals surface area contributed by atoms with E-state index in [4.69, 9.17) is 5.73 Å². The summed E-state index contributed by atoms with van der Waals surface area (Å²) in [5.74, 6) is 0. The number of aromatic nitrogens is 2. The van der Waals surface area contributed by atoms with Crippen molar-refractivity contribution in [2.45, 2.75) is 6.54 Å². The molecule has 0 saturated heterocycles. The first-order valence-electron chi connectivity index (χ1n) is 5.40. The number of amides is 2. The topological polar surface area (TPSA) is 92.9 Å². The number of nitrogens with two attached hydrogens (primary N) is 1. The van der Waals surface area contributed by atoms with Crippen molar-refractivity contribution >= 4 is 17.4 Å². The number of urea groups is 1. The van der Waals surface area contributed by atoms with E-state index in [1.165, 1.54) is 18.7 Å². The molecule has 1 aromatic heterocycles. The fourth-order valence-electron chi connectivity index (χ4n) is 1.38. The van der Waals surface area contributed by atoms with Gasteiger partial charge < -0.3 is 16.4 Å². The summed E-state index contributed by atoms with van der Waals surface area (Å²) in [7, 11) is 0. The fourth-order valence-corrected chi connectivity index (χ4v) is 1.38. The summed E-state index contributed by atoms with van der Waals surface area (Å²) in [5, 5.41) is 5.31. The van der Waals surface area contributed by atoms with E-state index in [0.29, 0.717) is 17.9 Å². The van der Waals surface area contributed by atoms with Crippen LogP contribution in [0.4, 0.5) is 16.2 Å². The monoisotopic (exact) mass is 243 g/mol. The van der Waals surface area contributed by atoms with E-state index >= 15 is 0 Å². The summed E-state index contributed by atoms with van der Waals surface area (Å²) in [6, 6.07) is 6.97. The fraction of sp³-hybridized carbons (Fsp3) is 0.0833. The minimum atomic E-state index is -0.342. The molecule has 0 bridgehead atoms. The Bertz CT molecular complexity index is 512. The average molecular weight is 243 g/mol. The van der Waals surface area contributed by atoms with Gasteiger partial charge in [0.1, 0.15) is 6.33 Å². The Labute approximate surface area is 104 Å². The van der Waals surface area contributed by atoms with Gasteiger partial charge in [0.05, 0.1) is 18.1 Å². The van der Waals surface area contributed by atoms with Gasteiger partial charge in [0.15, 0.2) is 0 Å². The van der Waals surface area contributed by atoms with E-state index < -0.39 is 0 Å². The quantitative estimate of drug-likeness (QED) is 0.763. The zero-order valence-electron chi connectivity index (χ0n) is 9.63. The van der Waals surface area contributed by atoms with Crippen molar-refractivity contribution in [3.8, 4) is 0 Å². The standard InChI is InChI=1S/C12H13N5O/c13-5-9-1-3-10(4-2-9)16-12(18)17-11-6-14-8-15-7-11/h1-4,6-8H,5,13H2,(H2,16,17,18). The van der Waals surface area contributed by atoms with Gasteiger partial charge >= 0.3 is 6.03 Å². The van der Waals surface area contributed by atoms with E-state index in [1.54, 1.807) is 12.1 Å². The molecule has 2 aromatic rings. The molecule has 0 spiro atoms. The van der Waals surface area contributed by atoms with Crippen LogP contribution in [0, 0.1) is 0 Å². The van der Waals surface area contributed by atoms with Crippen LogP contribution in [0.25, 0.3) is 0 Å². The predicted octanol–water partition coefficient (Wildman–Crippen LogP) is 1.58. The third-order valence-corrected chi connectivity index (χ3v) is 2.27. The first-order valence-corrected chi connectivity index (χ1v) is 5.40. The van der Waals surface area contributed by atoms with Crippen LogP contribution in [-0.2, 0) is 6.54 Å². The van der Waals surface area contributed by atoms with Gasteiger partial charge in [-0.25, -0.2) is 14.8 Å². The van der Waals surface area contributed by atoms with Crippen LogP contribution in [0.5, 0.6) is 0 Å². The van der Waals surface area contributed by atoms with Crippen LogP contribution in [0.2, 0.25) is 0 Å². The zero-order chi connectivity index (χ0) is 12.8. The third kappa shape index (κ3) is 3.26. The summed E-state index contributed by atoms with van der Waals surface area (Å²) in [5.41, 5.74) is 7.73. The van der Waals surface area contributed by atoms with Gasteiger partial charge in [0.2, 0.25) is 0 Å². The van der Waals surface area contributed by atoms with Crippen LogP contribution in [0.3, 0.4) is 0 Å². The van der Waals surface area contributed by atoms with Crippen molar-refractivity contribution in [2.24, 2.45) is 5.73 Å². The Morgan fingerprint density at radius 1 is 1.06 bits per heavy atom. The molecule has 0 saturated carbocycles. The normalized spacial score (nSPS) is 9.83. The highest BCUT2D eigenvalue weighted by molar-refractivity contribution is 5.99. The number of hydrogen-bond acceptors (Lipinski definition) is 4. The summed E-state index contributed by atoms with van der Waals surface area (Å²) in [6.07, 6.45) is 4.43. The average Bonchev–Trinajstić information content (AvgIpc) is 2.40. The summed E-state index contributed by atoms with van der Waals surface area (Å²) >= 11 is 0. The Balaban J connectivity index is 1.94. The summed E-state index contributed by atoms with van der Waals surface area (Å²) in [4.78, 5) is 19.2. The molecule has 92 valence electrons. The Morgan fingerprint density at radius 2 is 1.67 bits per heavy atom. The molecule has 4 N–H and O–H groups in total. The van der Waals surface area contributed by atoms with Crippen molar-refractivity contribution in [1.82, 2.24) is 9.97 Å². The van der Waals surface area contributed by atoms with Crippen LogP contribution >= 0.6 is 0 Å². The minimum absolute atomic E-state index is 0.342. The second-order valence-corrected chi connectivity index (χ2v) is 3.61. The highest BCUT2D eigenvalue weighted by Crippen LogP contribution is 2.10. The first kappa shape index (κ1) is 12.0. The number of benzene rings is 1. The number of rotatable bonds is 3. The van der Waals surface area contributed by atoms with E-state index in [0.717, 1.165) is 5.56 Å². The maximum Gasteiger partial charge on any atom is 0.323 e. The van der Waals surface area contributed by atoms with Crippen molar-refractivity contribution in [3.63, 3.8) is 0 Å². The maximum absolute atomic E-state index is 11.6. The number of anilines is 2. The molecular weight excluding hydrogens is 230 g/mol. The van der Waals surface area contributed by atoms with Crippen LogP contribution in [-0.4, -0.2) is 16.0 Å². The van der Waals surface area contributed by atoms with Crippen molar-refractivity contribution in [3.05, 3.63) is 48.5 Å². The molecule has 0 aliphatic heterocycles. The maximum atomic E-state index is 11.6. The molecular formula is C12H13N5O. The first-order chi connectivity index (χ1) is 8.78. The van der Waals surface area contributed by atoms with Crippen LogP contribution < -0.4 is 16.4 Å². The van der Waals surface area contributed by atoms with Gasteiger partial charge in [-0.1, -0.05) is 12.1 Å². The lowest BCUT2D eigenvalue weighted by atomic mass is 10.2. The van der Waals surface area contributed by atoms with Crippen molar-refractivity contribution < 1.29 is 4.79 Å². The van der Waals surface area contributed by atoms with Gasteiger partial charge in [0, 0.05) is 12.2 Å². The van der Waals surface area contributed by atoms with E-state index in [1.807, 2.05) is 12.1 Å². The largest absolute Gasteiger partial charge is 0.326 e. The highest BCUT2D eigenvalue weighted by Gasteiger charge is 2.02. The molecule has 6 nitrogen and oxygen atoms in total. The second-order valence-electron chi connectivity index (χ2n) is 3.61. The van der Waals surface area contributed by atoms with E-state index in [-0.39, 0.29) is 6.03 Å². The molecule has 0 radical (unpaired) electrons. The smallest absolute Gasteiger partial charge is 0.323 e. The lowest BCUT2D eigenvalue weighted by Gasteiger charge is -2.07. The number of carbonyl (C=O) groups excluding carboxylic acids is 1. The third-order valence-electron chi connectivity index (χ3n) is 2.27. The molecule has 0 fully saturated rings. The SMILES string of the molecule is NCc1ccc(NC(=O)Nc2cncnc2)cc1. The van der Waals surface area contributed by atoms with Gasteiger partial charge in [-0.05, 0) is 17.7 Å². The highest BCUT2D eigenvalue weighted by atomic mass is 16.2. The lowest BCUT2D eigenvalue weighted by molar-refractivity contribution is 0.262. The Morgan fingerprint density at radius 3 is 2.28 bits per heavy atom. The molecule has 2 amide bonds.